The third-order valence-electron chi connectivity index (χ3n) is 2.82. The summed E-state index contributed by atoms with van der Waals surface area (Å²) < 4.78 is 7.19. The Morgan fingerprint density at radius 1 is 1.53 bits per heavy atom. The fourth-order valence-corrected chi connectivity index (χ4v) is 3.86. The van der Waals surface area contributed by atoms with Crippen molar-refractivity contribution in [3.05, 3.63) is 17.3 Å². The Labute approximate surface area is 107 Å². The van der Waals surface area contributed by atoms with Crippen LogP contribution in [0.5, 0.6) is 0 Å². The first kappa shape index (κ1) is 11.3. The van der Waals surface area contributed by atoms with E-state index < -0.39 is 0 Å². The minimum Gasteiger partial charge on any atom is -0.381 e. The molecule has 0 N–H and O–H groups in total. The number of hydrogen-bond acceptors (Lipinski definition) is 5. The number of aldehydes is 1. The fourth-order valence-electron chi connectivity index (χ4n) is 1.93. The molecule has 0 spiro atoms. The van der Waals surface area contributed by atoms with Crippen molar-refractivity contribution >= 4 is 34.3 Å². The van der Waals surface area contributed by atoms with E-state index in [0.717, 1.165) is 42.3 Å². The standard InChI is InChI=1S/C11H12N2O2S2/c14-7-9-10(12-11-13(9)3-6-16-11)17-8-1-4-15-5-2-8/h3,6-8H,1-2,4-5H2. The van der Waals surface area contributed by atoms with Crippen LogP contribution in [-0.4, -0.2) is 34.1 Å². The Hall–Kier alpha value is -0.850. The Morgan fingerprint density at radius 2 is 2.35 bits per heavy atom. The minimum atomic E-state index is 0.520. The van der Waals surface area contributed by atoms with Gasteiger partial charge in [-0.2, -0.15) is 0 Å². The minimum absolute atomic E-state index is 0.520. The summed E-state index contributed by atoms with van der Waals surface area (Å²) >= 11 is 3.26. The summed E-state index contributed by atoms with van der Waals surface area (Å²) in [7, 11) is 0. The molecule has 0 atom stereocenters. The summed E-state index contributed by atoms with van der Waals surface area (Å²) in [5, 5.41) is 3.32. The Balaban J connectivity index is 1.88. The maximum absolute atomic E-state index is 11.1. The first-order chi connectivity index (χ1) is 8.38. The molecule has 1 saturated heterocycles. The monoisotopic (exact) mass is 268 g/mol. The van der Waals surface area contributed by atoms with Crippen molar-refractivity contribution in [3.63, 3.8) is 0 Å². The molecule has 0 amide bonds. The average molecular weight is 268 g/mol. The zero-order valence-corrected chi connectivity index (χ0v) is 10.8. The number of rotatable bonds is 3. The van der Waals surface area contributed by atoms with E-state index in [1.54, 1.807) is 23.1 Å². The van der Waals surface area contributed by atoms with Gasteiger partial charge in [-0.15, -0.1) is 23.1 Å². The van der Waals surface area contributed by atoms with Crippen molar-refractivity contribution in [3.8, 4) is 0 Å². The lowest BCUT2D eigenvalue weighted by Crippen LogP contribution is -2.17. The van der Waals surface area contributed by atoms with Crippen molar-refractivity contribution in [1.82, 2.24) is 9.38 Å². The second kappa shape index (κ2) is 4.80. The van der Waals surface area contributed by atoms with Gasteiger partial charge >= 0.3 is 0 Å². The number of carbonyl (C=O) groups is 1. The molecule has 1 aliphatic heterocycles. The Kier molecular flexibility index (Phi) is 3.17. The molecule has 17 heavy (non-hydrogen) atoms. The summed E-state index contributed by atoms with van der Waals surface area (Å²) in [4.78, 5) is 16.5. The van der Waals surface area contributed by atoms with E-state index in [9.17, 15) is 4.79 Å². The van der Waals surface area contributed by atoms with E-state index >= 15 is 0 Å². The van der Waals surface area contributed by atoms with Crippen LogP contribution < -0.4 is 0 Å². The number of thioether (sulfide) groups is 1. The zero-order valence-electron chi connectivity index (χ0n) is 9.17. The van der Waals surface area contributed by atoms with Crippen molar-refractivity contribution in [2.75, 3.05) is 13.2 Å². The number of thiazole rings is 1. The maximum atomic E-state index is 11.1. The van der Waals surface area contributed by atoms with Crippen molar-refractivity contribution < 1.29 is 9.53 Å². The number of hydrogen-bond donors (Lipinski definition) is 0. The molecule has 0 aliphatic carbocycles. The van der Waals surface area contributed by atoms with Crippen LogP contribution in [0, 0.1) is 0 Å². The first-order valence-electron chi connectivity index (χ1n) is 5.53. The molecule has 0 saturated carbocycles. The predicted octanol–water partition coefficient (Wildman–Crippen LogP) is 2.48. The van der Waals surface area contributed by atoms with E-state index in [1.807, 2.05) is 16.0 Å². The van der Waals surface area contributed by atoms with Crippen LogP contribution in [0.1, 0.15) is 23.3 Å². The van der Waals surface area contributed by atoms with Gasteiger partial charge in [0.15, 0.2) is 11.2 Å². The second-order valence-corrected chi connectivity index (χ2v) is 6.07. The van der Waals surface area contributed by atoms with Gasteiger partial charge in [-0.3, -0.25) is 9.20 Å². The largest absolute Gasteiger partial charge is 0.381 e. The van der Waals surface area contributed by atoms with Crippen LogP contribution in [0.25, 0.3) is 4.96 Å². The molecule has 2 aromatic heterocycles. The van der Waals surface area contributed by atoms with Crippen LogP contribution in [-0.2, 0) is 4.74 Å². The third kappa shape index (κ3) is 2.12. The third-order valence-corrected chi connectivity index (χ3v) is 4.91. The first-order valence-corrected chi connectivity index (χ1v) is 7.29. The Bertz CT molecular complexity index is 529. The van der Waals surface area contributed by atoms with Gasteiger partial charge in [-0.25, -0.2) is 4.98 Å². The lowest BCUT2D eigenvalue weighted by molar-refractivity contribution is 0.1000. The van der Waals surface area contributed by atoms with Gasteiger partial charge in [-0.05, 0) is 12.8 Å². The molecule has 0 aromatic carbocycles. The van der Waals surface area contributed by atoms with Gasteiger partial charge in [0.1, 0.15) is 10.7 Å². The summed E-state index contributed by atoms with van der Waals surface area (Å²) in [6.07, 6.45) is 4.86. The molecule has 90 valence electrons. The van der Waals surface area contributed by atoms with E-state index in [1.165, 1.54) is 0 Å². The molecule has 1 aliphatic rings. The average Bonchev–Trinajstić information content (AvgIpc) is 2.90. The zero-order chi connectivity index (χ0) is 11.7. The van der Waals surface area contributed by atoms with Gasteiger partial charge in [0.2, 0.25) is 0 Å². The molecule has 0 radical (unpaired) electrons. The SMILES string of the molecule is O=Cc1c(SC2CCOCC2)nc2sccn12. The molecule has 4 nitrogen and oxygen atoms in total. The van der Waals surface area contributed by atoms with Crippen molar-refractivity contribution in [2.24, 2.45) is 0 Å². The number of imidazole rings is 1. The molecule has 0 bridgehead atoms. The molecular weight excluding hydrogens is 256 g/mol. The predicted molar refractivity (Wildman–Crippen MR) is 68.2 cm³/mol. The van der Waals surface area contributed by atoms with Gasteiger partial charge < -0.3 is 4.74 Å². The highest BCUT2D eigenvalue weighted by Gasteiger charge is 2.20. The van der Waals surface area contributed by atoms with Crippen LogP contribution in [0.2, 0.25) is 0 Å². The lowest BCUT2D eigenvalue weighted by Gasteiger charge is -2.20. The molecule has 1 fully saturated rings. The summed E-state index contributed by atoms with van der Waals surface area (Å²) in [5.74, 6) is 0. The van der Waals surface area contributed by atoms with Crippen LogP contribution in [0.15, 0.2) is 16.6 Å². The second-order valence-electron chi connectivity index (χ2n) is 3.91. The number of aromatic nitrogens is 2. The molecule has 2 aromatic rings. The Morgan fingerprint density at radius 3 is 3.12 bits per heavy atom. The summed E-state index contributed by atoms with van der Waals surface area (Å²) in [5.41, 5.74) is 0.678. The molecule has 6 heteroatoms. The van der Waals surface area contributed by atoms with Crippen LogP contribution in [0.3, 0.4) is 0 Å². The fraction of sp³-hybridized carbons (Fsp3) is 0.455. The summed E-state index contributed by atoms with van der Waals surface area (Å²) in [6, 6.07) is 0. The van der Waals surface area contributed by atoms with Gasteiger partial charge in [0, 0.05) is 30.0 Å². The molecule has 3 rings (SSSR count). The highest BCUT2D eigenvalue weighted by molar-refractivity contribution is 7.99. The molecular formula is C11H12N2O2S2. The van der Waals surface area contributed by atoms with Gasteiger partial charge in [0.05, 0.1) is 0 Å². The molecule has 0 unspecified atom stereocenters. The molecule has 3 heterocycles. The highest BCUT2D eigenvalue weighted by atomic mass is 32.2. The highest BCUT2D eigenvalue weighted by Crippen LogP contribution is 2.32. The number of nitrogens with zero attached hydrogens (tertiary/aromatic N) is 2. The van der Waals surface area contributed by atoms with E-state index in [2.05, 4.69) is 4.98 Å². The van der Waals surface area contributed by atoms with Gasteiger partial charge in [-0.1, -0.05) is 0 Å². The maximum Gasteiger partial charge on any atom is 0.195 e. The number of carbonyl (C=O) groups excluding carboxylic acids is 1. The van der Waals surface area contributed by atoms with E-state index in [4.69, 9.17) is 4.74 Å². The van der Waals surface area contributed by atoms with Crippen molar-refractivity contribution in [2.45, 2.75) is 23.1 Å². The summed E-state index contributed by atoms with van der Waals surface area (Å²) in [6.45, 7) is 1.63. The quantitative estimate of drug-likeness (QED) is 0.802. The van der Waals surface area contributed by atoms with Crippen LogP contribution in [0.4, 0.5) is 0 Å². The van der Waals surface area contributed by atoms with Crippen molar-refractivity contribution in [1.29, 1.82) is 0 Å². The smallest absolute Gasteiger partial charge is 0.195 e. The van der Waals surface area contributed by atoms with E-state index in [-0.39, 0.29) is 0 Å². The number of ether oxygens (including phenoxy) is 1. The topological polar surface area (TPSA) is 43.6 Å². The normalized spacial score (nSPS) is 17.6. The van der Waals surface area contributed by atoms with Gasteiger partial charge in [0.25, 0.3) is 0 Å². The number of fused-ring (bicyclic) bond motifs is 1. The van der Waals surface area contributed by atoms with E-state index in [0.29, 0.717) is 10.9 Å². The lowest BCUT2D eigenvalue weighted by atomic mass is 10.2. The van der Waals surface area contributed by atoms with Crippen LogP contribution >= 0.6 is 23.1 Å².